The van der Waals surface area contributed by atoms with Gasteiger partial charge in [0.1, 0.15) is 0 Å². The molecule has 0 aliphatic carbocycles. The summed E-state index contributed by atoms with van der Waals surface area (Å²) in [7, 11) is 3.30. The zero-order chi connectivity index (χ0) is 15.8. The summed E-state index contributed by atoms with van der Waals surface area (Å²) >= 11 is 1.29. The van der Waals surface area contributed by atoms with E-state index in [2.05, 4.69) is 10.3 Å². The van der Waals surface area contributed by atoms with Gasteiger partial charge in [-0.25, -0.2) is 4.98 Å². The molecule has 118 valence electrons. The number of ether oxygens (including phenoxy) is 1. The number of nitrogens with one attached hydrogen (secondary N) is 1. The fraction of sp³-hybridized carbons (Fsp3) is 0.643. The minimum Gasteiger partial charge on any atom is -0.385 e. The lowest BCUT2D eigenvalue weighted by molar-refractivity contribution is -0.120. The van der Waals surface area contributed by atoms with Crippen LogP contribution in [0, 0.1) is 0 Å². The van der Waals surface area contributed by atoms with E-state index in [9.17, 15) is 9.59 Å². The third-order valence-electron chi connectivity index (χ3n) is 2.98. The Hall–Kier alpha value is -1.34. The molecule has 1 heterocycles. The zero-order valence-corrected chi connectivity index (χ0v) is 13.8. The van der Waals surface area contributed by atoms with Crippen LogP contribution in [-0.2, 0) is 23.0 Å². The minimum atomic E-state index is -0.308. The average Bonchev–Trinajstić information content (AvgIpc) is 2.47. The van der Waals surface area contributed by atoms with Crippen molar-refractivity contribution in [2.24, 2.45) is 7.05 Å². The number of carbonyl (C=O) groups excluding carboxylic acids is 1. The lowest BCUT2D eigenvalue weighted by atomic mass is 10.3. The van der Waals surface area contributed by atoms with Gasteiger partial charge >= 0.3 is 0 Å². The van der Waals surface area contributed by atoms with E-state index >= 15 is 0 Å². The number of rotatable bonds is 8. The van der Waals surface area contributed by atoms with E-state index in [1.807, 2.05) is 6.92 Å². The predicted octanol–water partition coefficient (Wildman–Crippen LogP) is 0.976. The number of hydrogen-bond acceptors (Lipinski definition) is 5. The van der Waals surface area contributed by atoms with Gasteiger partial charge in [-0.1, -0.05) is 18.7 Å². The molecule has 0 radical (unpaired) electrons. The molecule has 0 fully saturated rings. The molecule has 0 aromatic carbocycles. The topological polar surface area (TPSA) is 73.2 Å². The van der Waals surface area contributed by atoms with Crippen molar-refractivity contribution in [2.45, 2.75) is 37.1 Å². The van der Waals surface area contributed by atoms with Gasteiger partial charge in [0.15, 0.2) is 5.16 Å². The maximum Gasteiger partial charge on any atom is 0.254 e. The molecule has 1 amide bonds. The fourth-order valence-electron chi connectivity index (χ4n) is 1.63. The molecule has 0 aliphatic rings. The van der Waals surface area contributed by atoms with Crippen molar-refractivity contribution < 1.29 is 9.53 Å². The van der Waals surface area contributed by atoms with E-state index in [1.165, 1.54) is 22.4 Å². The van der Waals surface area contributed by atoms with Crippen LogP contribution in [0.2, 0.25) is 0 Å². The van der Waals surface area contributed by atoms with Crippen LogP contribution in [0.5, 0.6) is 0 Å². The van der Waals surface area contributed by atoms with Gasteiger partial charge < -0.3 is 10.1 Å². The average molecular weight is 313 g/mol. The van der Waals surface area contributed by atoms with Crippen molar-refractivity contribution in [1.82, 2.24) is 14.9 Å². The van der Waals surface area contributed by atoms with E-state index in [0.29, 0.717) is 24.7 Å². The first-order chi connectivity index (χ1) is 9.99. The second-order valence-corrected chi connectivity index (χ2v) is 5.99. The van der Waals surface area contributed by atoms with E-state index in [0.717, 1.165) is 12.1 Å². The van der Waals surface area contributed by atoms with Crippen molar-refractivity contribution in [3.8, 4) is 0 Å². The number of nitrogens with zero attached hydrogens (tertiary/aromatic N) is 2. The monoisotopic (exact) mass is 313 g/mol. The SMILES string of the molecule is CCc1cc(=O)n(C)c(SC(C)C(=O)NCCCOC)n1. The van der Waals surface area contributed by atoms with Crippen LogP contribution in [0.4, 0.5) is 0 Å². The smallest absolute Gasteiger partial charge is 0.254 e. The zero-order valence-electron chi connectivity index (χ0n) is 13.0. The molecule has 6 nitrogen and oxygen atoms in total. The quantitative estimate of drug-likeness (QED) is 0.440. The Morgan fingerprint density at radius 2 is 2.29 bits per heavy atom. The summed E-state index contributed by atoms with van der Waals surface area (Å²) in [4.78, 5) is 28.2. The summed E-state index contributed by atoms with van der Waals surface area (Å²) in [6.07, 6.45) is 1.48. The molecule has 0 spiro atoms. The number of hydrogen-bond donors (Lipinski definition) is 1. The summed E-state index contributed by atoms with van der Waals surface area (Å²) < 4.78 is 6.40. The highest BCUT2D eigenvalue weighted by atomic mass is 32.2. The van der Waals surface area contributed by atoms with Gasteiger partial charge in [0, 0.05) is 39.1 Å². The van der Waals surface area contributed by atoms with E-state index in [-0.39, 0.29) is 16.7 Å². The molecule has 0 bridgehead atoms. The summed E-state index contributed by atoms with van der Waals surface area (Å²) in [5.41, 5.74) is 0.644. The molecule has 1 rings (SSSR count). The Kier molecular flexibility index (Phi) is 7.45. The first-order valence-corrected chi connectivity index (χ1v) is 7.87. The van der Waals surface area contributed by atoms with Crippen molar-refractivity contribution in [3.63, 3.8) is 0 Å². The third-order valence-corrected chi connectivity index (χ3v) is 4.13. The Bertz CT molecular complexity index is 531. The number of aryl methyl sites for hydroxylation is 1. The minimum absolute atomic E-state index is 0.0627. The number of thioether (sulfide) groups is 1. The highest BCUT2D eigenvalue weighted by Gasteiger charge is 2.17. The van der Waals surface area contributed by atoms with Crippen molar-refractivity contribution in [1.29, 1.82) is 0 Å². The van der Waals surface area contributed by atoms with Gasteiger partial charge in [0.05, 0.1) is 5.25 Å². The highest BCUT2D eigenvalue weighted by molar-refractivity contribution is 8.00. The van der Waals surface area contributed by atoms with E-state index in [1.54, 1.807) is 21.1 Å². The van der Waals surface area contributed by atoms with Crippen LogP contribution in [0.25, 0.3) is 0 Å². The molecule has 1 aromatic heterocycles. The fourth-order valence-corrected chi connectivity index (χ4v) is 2.56. The molecule has 7 heteroatoms. The van der Waals surface area contributed by atoms with Gasteiger partial charge in [-0.05, 0) is 19.8 Å². The molecule has 1 aromatic rings. The Morgan fingerprint density at radius 3 is 2.90 bits per heavy atom. The highest BCUT2D eigenvalue weighted by Crippen LogP contribution is 2.20. The van der Waals surface area contributed by atoms with Crippen molar-refractivity contribution in [3.05, 3.63) is 22.1 Å². The van der Waals surface area contributed by atoms with Crippen LogP contribution < -0.4 is 10.9 Å². The summed E-state index contributed by atoms with van der Waals surface area (Å²) in [6, 6.07) is 1.53. The van der Waals surface area contributed by atoms with Crippen LogP contribution >= 0.6 is 11.8 Å². The van der Waals surface area contributed by atoms with Crippen molar-refractivity contribution >= 4 is 17.7 Å². The molecular formula is C14H23N3O3S. The lowest BCUT2D eigenvalue weighted by Gasteiger charge is -2.14. The largest absolute Gasteiger partial charge is 0.385 e. The standard InChI is InChI=1S/C14H23N3O3S/c1-5-11-9-12(18)17(3)14(16-11)21-10(2)13(19)15-7-6-8-20-4/h9-10H,5-8H2,1-4H3,(H,15,19). The maximum atomic E-state index is 12.0. The van der Waals surface area contributed by atoms with Crippen LogP contribution in [0.1, 0.15) is 26.0 Å². The molecule has 1 unspecified atom stereocenters. The van der Waals surface area contributed by atoms with Gasteiger partial charge in [-0.15, -0.1) is 0 Å². The summed E-state index contributed by atoms with van der Waals surface area (Å²) in [6.45, 7) is 4.96. The molecule has 0 aliphatic heterocycles. The molecule has 1 N–H and O–H groups in total. The van der Waals surface area contributed by atoms with Gasteiger partial charge in [0.2, 0.25) is 5.91 Å². The first-order valence-electron chi connectivity index (χ1n) is 6.99. The predicted molar refractivity (Wildman–Crippen MR) is 83.7 cm³/mol. The maximum absolute atomic E-state index is 12.0. The van der Waals surface area contributed by atoms with Gasteiger partial charge in [-0.3, -0.25) is 14.2 Å². The number of amides is 1. The van der Waals surface area contributed by atoms with Crippen LogP contribution in [0.15, 0.2) is 16.0 Å². The third kappa shape index (κ3) is 5.51. The van der Waals surface area contributed by atoms with Gasteiger partial charge in [-0.2, -0.15) is 0 Å². The van der Waals surface area contributed by atoms with E-state index < -0.39 is 0 Å². The van der Waals surface area contributed by atoms with Crippen LogP contribution in [-0.4, -0.2) is 41.0 Å². The summed E-state index contributed by atoms with van der Waals surface area (Å²) in [5, 5.41) is 3.11. The number of methoxy groups -OCH3 is 1. The van der Waals surface area contributed by atoms with E-state index in [4.69, 9.17) is 4.74 Å². The molecule has 21 heavy (non-hydrogen) atoms. The number of aromatic nitrogens is 2. The second-order valence-electron chi connectivity index (χ2n) is 4.68. The summed E-state index contributed by atoms with van der Waals surface area (Å²) in [5.74, 6) is -0.0627. The number of carbonyl (C=O) groups is 1. The molecular weight excluding hydrogens is 290 g/mol. The Labute approximate surface area is 129 Å². The molecule has 0 saturated carbocycles. The molecule has 0 saturated heterocycles. The van der Waals surface area contributed by atoms with Crippen LogP contribution in [0.3, 0.4) is 0 Å². The Balaban J connectivity index is 2.65. The lowest BCUT2D eigenvalue weighted by Crippen LogP contribution is -2.32. The van der Waals surface area contributed by atoms with Crippen molar-refractivity contribution in [2.75, 3.05) is 20.3 Å². The first kappa shape index (κ1) is 17.7. The second kappa shape index (κ2) is 8.84. The normalized spacial score (nSPS) is 12.2. The molecule has 1 atom stereocenters. The van der Waals surface area contributed by atoms with Gasteiger partial charge in [0.25, 0.3) is 5.56 Å². The Morgan fingerprint density at radius 1 is 1.57 bits per heavy atom.